The summed E-state index contributed by atoms with van der Waals surface area (Å²) in [5.41, 5.74) is 0.857. The van der Waals surface area contributed by atoms with E-state index < -0.39 is 0 Å². The van der Waals surface area contributed by atoms with Gasteiger partial charge in [-0.05, 0) is 33.1 Å². The van der Waals surface area contributed by atoms with E-state index >= 15 is 0 Å². The fourth-order valence-corrected chi connectivity index (χ4v) is 2.89. The number of aryl methyl sites for hydroxylation is 3. The lowest BCUT2D eigenvalue weighted by atomic mass is 10.1. The normalized spacial score (nSPS) is 18.1. The van der Waals surface area contributed by atoms with E-state index in [2.05, 4.69) is 15.3 Å². The van der Waals surface area contributed by atoms with Crippen molar-refractivity contribution in [2.75, 3.05) is 6.54 Å². The Morgan fingerprint density at radius 2 is 2.23 bits per heavy atom. The minimum atomic E-state index is 0.0515. The van der Waals surface area contributed by atoms with Gasteiger partial charge in [-0.15, -0.1) is 0 Å². The summed E-state index contributed by atoms with van der Waals surface area (Å²) in [6.45, 7) is 4.44. The topological polar surface area (TPSA) is 85.3 Å². The molecule has 2 aromatic rings. The van der Waals surface area contributed by atoms with Crippen LogP contribution in [0.5, 0.6) is 0 Å². The molecule has 118 valence electrons. The minimum Gasteiger partial charge on any atom is -0.361 e. The first-order valence-electron chi connectivity index (χ1n) is 7.65. The molecule has 3 heterocycles. The molecular weight excluding hydrogens is 284 g/mol. The molecule has 0 spiro atoms. The van der Waals surface area contributed by atoms with Gasteiger partial charge in [-0.3, -0.25) is 4.79 Å². The van der Waals surface area contributed by atoms with E-state index in [9.17, 15) is 4.79 Å². The molecule has 22 heavy (non-hydrogen) atoms. The summed E-state index contributed by atoms with van der Waals surface area (Å²) in [7, 11) is 0. The van der Waals surface area contributed by atoms with Gasteiger partial charge in [0.1, 0.15) is 11.5 Å². The van der Waals surface area contributed by atoms with Gasteiger partial charge in [0.2, 0.25) is 11.8 Å². The summed E-state index contributed by atoms with van der Waals surface area (Å²) in [5, 5.41) is 7.80. The standard InChI is InChI=1S/C15H20N4O3/c1-10-9-12(18-21-10)13-5-4-8-19(13)15(20)7-3-6-14-16-11(2)17-22-14/h9,13H,3-8H2,1-2H3/t13-/m1/s1. The van der Waals surface area contributed by atoms with Crippen LogP contribution < -0.4 is 0 Å². The quantitative estimate of drug-likeness (QED) is 0.843. The van der Waals surface area contributed by atoms with Crippen LogP contribution in [0.1, 0.15) is 54.9 Å². The van der Waals surface area contributed by atoms with Gasteiger partial charge in [-0.2, -0.15) is 4.98 Å². The van der Waals surface area contributed by atoms with E-state index in [4.69, 9.17) is 9.05 Å². The number of hydrogen-bond donors (Lipinski definition) is 0. The van der Waals surface area contributed by atoms with Crippen molar-refractivity contribution in [2.24, 2.45) is 0 Å². The Morgan fingerprint density at radius 3 is 2.91 bits per heavy atom. The van der Waals surface area contributed by atoms with Crippen LogP contribution in [0.3, 0.4) is 0 Å². The highest BCUT2D eigenvalue weighted by atomic mass is 16.5. The summed E-state index contributed by atoms with van der Waals surface area (Å²) < 4.78 is 10.2. The predicted molar refractivity (Wildman–Crippen MR) is 76.9 cm³/mol. The van der Waals surface area contributed by atoms with Gasteiger partial charge in [0.05, 0.1) is 6.04 Å². The number of aromatic nitrogens is 3. The van der Waals surface area contributed by atoms with Crippen LogP contribution in [0.4, 0.5) is 0 Å². The SMILES string of the molecule is Cc1noc(CCCC(=O)N2CCC[C@@H]2c2cc(C)on2)n1. The average Bonchev–Trinajstić information content (AvgIpc) is 3.19. The molecule has 0 saturated carbocycles. The summed E-state index contributed by atoms with van der Waals surface area (Å²) in [6.07, 6.45) is 3.77. The maximum atomic E-state index is 12.4. The van der Waals surface area contributed by atoms with Gasteiger partial charge in [0.15, 0.2) is 5.82 Å². The predicted octanol–water partition coefficient (Wildman–Crippen LogP) is 2.36. The van der Waals surface area contributed by atoms with E-state index in [1.807, 2.05) is 17.9 Å². The number of carbonyl (C=O) groups is 1. The molecule has 0 bridgehead atoms. The molecule has 0 unspecified atom stereocenters. The van der Waals surface area contributed by atoms with Crippen molar-refractivity contribution in [1.29, 1.82) is 0 Å². The summed E-state index contributed by atoms with van der Waals surface area (Å²) in [5.74, 6) is 2.15. The van der Waals surface area contributed by atoms with E-state index in [0.717, 1.165) is 30.8 Å². The molecule has 0 N–H and O–H groups in total. The van der Waals surface area contributed by atoms with Gasteiger partial charge < -0.3 is 13.9 Å². The first kappa shape index (κ1) is 14.7. The number of nitrogens with zero attached hydrogens (tertiary/aromatic N) is 4. The molecule has 1 atom stereocenters. The summed E-state index contributed by atoms with van der Waals surface area (Å²) in [6, 6.07) is 1.97. The molecule has 1 aliphatic heterocycles. The highest BCUT2D eigenvalue weighted by Gasteiger charge is 2.31. The first-order chi connectivity index (χ1) is 10.6. The van der Waals surface area contributed by atoms with E-state index in [1.54, 1.807) is 6.92 Å². The van der Waals surface area contributed by atoms with Crippen molar-refractivity contribution in [3.8, 4) is 0 Å². The average molecular weight is 304 g/mol. The Labute approximate surface area is 128 Å². The van der Waals surface area contributed by atoms with Crippen molar-refractivity contribution in [1.82, 2.24) is 20.2 Å². The molecule has 0 aliphatic carbocycles. The third-order valence-corrected chi connectivity index (χ3v) is 3.91. The second-order valence-electron chi connectivity index (χ2n) is 5.70. The zero-order chi connectivity index (χ0) is 15.5. The van der Waals surface area contributed by atoms with Crippen molar-refractivity contribution in [3.63, 3.8) is 0 Å². The minimum absolute atomic E-state index is 0.0515. The smallest absolute Gasteiger partial charge is 0.226 e. The van der Waals surface area contributed by atoms with E-state index in [0.29, 0.717) is 31.0 Å². The maximum Gasteiger partial charge on any atom is 0.226 e. The Kier molecular flexibility index (Phi) is 4.22. The van der Waals surface area contributed by atoms with E-state index in [1.165, 1.54) is 0 Å². The Morgan fingerprint density at radius 1 is 1.36 bits per heavy atom. The number of amides is 1. The maximum absolute atomic E-state index is 12.4. The van der Waals surface area contributed by atoms with Crippen molar-refractivity contribution in [2.45, 2.75) is 52.0 Å². The molecule has 1 fully saturated rings. The molecule has 0 radical (unpaired) electrons. The number of likely N-dealkylation sites (tertiary alicyclic amines) is 1. The fraction of sp³-hybridized carbons (Fsp3) is 0.600. The van der Waals surface area contributed by atoms with Crippen LogP contribution in [-0.2, 0) is 11.2 Å². The van der Waals surface area contributed by atoms with Gasteiger partial charge in [-0.25, -0.2) is 0 Å². The lowest BCUT2D eigenvalue weighted by Crippen LogP contribution is -2.30. The molecule has 7 nitrogen and oxygen atoms in total. The molecule has 2 aromatic heterocycles. The van der Waals surface area contributed by atoms with Crippen molar-refractivity contribution in [3.05, 3.63) is 29.2 Å². The molecule has 1 amide bonds. The molecule has 7 heteroatoms. The largest absolute Gasteiger partial charge is 0.361 e. The first-order valence-corrected chi connectivity index (χ1v) is 7.65. The molecule has 1 aliphatic rings. The van der Waals surface area contributed by atoms with Crippen LogP contribution in [0.25, 0.3) is 0 Å². The third kappa shape index (κ3) is 3.18. The number of carbonyl (C=O) groups excluding carboxylic acids is 1. The lowest BCUT2D eigenvalue weighted by Gasteiger charge is -2.22. The van der Waals surface area contributed by atoms with Crippen LogP contribution in [0, 0.1) is 13.8 Å². The van der Waals surface area contributed by atoms with Gasteiger partial charge in [-0.1, -0.05) is 10.3 Å². The zero-order valence-corrected chi connectivity index (χ0v) is 12.9. The lowest BCUT2D eigenvalue weighted by molar-refractivity contribution is -0.132. The summed E-state index contributed by atoms with van der Waals surface area (Å²) >= 11 is 0. The van der Waals surface area contributed by atoms with E-state index in [-0.39, 0.29) is 11.9 Å². The molecule has 1 saturated heterocycles. The zero-order valence-electron chi connectivity index (χ0n) is 12.9. The number of hydrogen-bond acceptors (Lipinski definition) is 6. The van der Waals surface area contributed by atoms with Crippen LogP contribution in [0.2, 0.25) is 0 Å². The molecule has 3 rings (SSSR count). The van der Waals surface area contributed by atoms with Gasteiger partial charge in [0, 0.05) is 25.5 Å². The van der Waals surface area contributed by atoms with Gasteiger partial charge >= 0.3 is 0 Å². The van der Waals surface area contributed by atoms with Gasteiger partial charge in [0.25, 0.3) is 0 Å². The van der Waals surface area contributed by atoms with Crippen LogP contribution in [0.15, 0.2) is 15.1 Å². The Bertz CT molecular complexity index is 649. The number of rotatable bonds is 5. The van der Waals surface area contributed by atoms with Crippen LogP contribution in [-0.4, -0.2) is 32.6 Å². The Balaban J connectivity index is 1.54. The fourth-order valence-electron chi connectivity index (χ4n) is 2.89. The third-order valence-electron chi connectivity index (χ3n) is 3.91. The molecular formula is C15H20N4O3. The Hall–Kier alpha value is -2.18. The second-order valence-corrected chi connectivity index (χ2v) is 5.70. The highest BCUT2D eigenvalue weighted by molar-refractivity contribution is 5.77. The molecule has 0 aromatic carbocycles. The second kappa shape index (κ2) is 6.29. The van der Waals surface area contributed by atoms with Crippen LogP contribution >= 0.6 is 0 Å². The monoisotopic (exact) mass is 304 g/mol. The summed E-state index contributed by atoms with van der Waals surface area (Å²) in [4.78, 5) is 18.5. The van der Waals surface area contributed by atoms with Crippen molar-refractivity contribution >= 4 is 5.91 Å². The highest BCUT2D eigenvalue weighted by Crippen LogP contribution is 2.32. The van der Waals surface area contributed by atoms with Crippen molar-refractivity contribution < 1.29 is 13.8 Å².